The SMILES string of the molecule is CC(C)(C)[S@+]([O-])N1C=CC=CC(c2ccccc2)=C1C(=O)O. The Bertz CT molecular complexity index is 642. The van der Waals surface area contributed by atoms with Crippen molar-refractivity contribution in [2.75, 3.05) is 0 Å². The van der Waals surface area contributed by atoms with Crippen LogP contribution < -0.4 is 0 Å². The largest absolute Gasteiger partial charge is 0.592 e. The predicted molar refractivity (Wildman–Crippen MR) is 89.0 cm³/mol. The second-order valence-electron chi connectivity index (χ2n) is 5.82. The average molecular weight is 317 g/mol. The second kappa shape index (κ2) is 6.42. The molecule has 1 N–H and O–H groups in total. The summed E-state index contributed by atoms with van der Waals surface area (Å²) in [5.74, 6) is -1.10. The number of carbonyl (C=O) groups is 1. The molecule has 5 heteroatoms. The van der Waals surface area contributed by atoms with Crippen LogP contribution >= 0.6 is 0 Å². The van der Waals surface area contributed by atoms with Gasteiger partial charge >= 0.3 is 5.97 Å². The van der Waals surface area contributed by atoms with Crippen LogP contribution in [0.5, 0.6) is 0 Å². The van der Waals surface area contributed by atoms with E-state index >= 15 is 0 Å². The van der Waals surface area contributed by atoms with E-state index in [1.165, 1.54) is 4.31 Å². The van der Waals surface area contributed by atoms with E-state index in [0.29, 0.717) is 5.57 Å². The normalized spacial score (nSPS) is 16.6. The maximum absolute atomic E-state index is 12.7. The molecule has 1 aliphatic rings. The summed E-state index contributed by atoms with van der Waals surface area (Å²) >= 11 is -1.51. The van der Waals surface area contributed by atoms with Gasteiger partial charge in [-0.2, -0.15) is 4.31 Å². The highest BCUT2D eigenvalue weighted by atomic mass is 32.2. The summed E-state index contributed by atoms with van der Waals surface area (Å²) in [7, 11) is 0. The molecule has 22 heavy (non-hydrogen) atoms. The number of rotatable bonds is 3. The molecule has 0 radical (unpaired) electrons. The summed E-state index contributed by atoms with van der Waals surface area (Å²) < 4.78 is 13.5. The van der Waals surface area contributed by atoms with Crippen LogP contribution in [0.15, 0.2) is 60.5 Å². The lowest BCUT2D eigenvalue weighted by Gasteiger charge is -2.32. The number of carboxylic acids is 1. The van der Waals surface area contributed by atoms with Crippen LogP contribution in [0.2, 0.25) is 0 Å². The van der Waals surface area contributed by atoms with Crippen molar-refractivity contribution in [2.45, 2.75) is 25.5 Å². The lowest BCUT2D eigenvalue weighted by molar-refractivity contribution is -0.133. The fourth-order valence-corrected chi connectivity index (χ4v) is 3.16. The monoisotopic (exact) mass is 317 g/mol. The molecule has 0 fully saturated rings. The number of aliphatic carboxylic acids is 1. The third-order valence-corrected chi connectivity index (χ3v) is 4.77. The molecule has 1 aromatic rings. The van der Waals surface area contributed by atoms with Crippen molar-refractivity contribution in [3.05, 3.63) is 66.0 Å². The molecular weight excluding hydrogens is 298 g/mol. The predicted octanol–water partition coefficient (Wildman–Crippen LogP) is 3.33. The van der Waals surface area contributed by atoms with E-state index in [0.717, 1.165) is 5.56 Å². The Hall–Kier alpha value is -1.98. The van der Waals surface area contributed by atoms with E-state index in [2.05, 4.69) is 0 Å². The van der Waals surface area contributed by atoms with Crippen LogP contribution in [0, 0.1) is 0 Å². The van der Waals surface area contributed by atoms with Crippen LogP contribution in [0.4, 0.5) is 0 Å². The van der Waals surface area contributed by atoms with Gasteiger partial charge in [0.25, 0.3) is 0 Å². The van der Waals surface area contributed by atoms with Crippen LogP contribution in [0.25, 0.3) is 5.57 Å². The van der Waals surface area contributed by atoms with Crippen LogP contribution in [-0.2, 0) is 16.2 Å². The molecule has 0 bridgehead atoms. The summed E-state index contributed by atoms with van der Waals surface area (Å²) in [6, 6.07) is 9.24. The molecule has 116 valence electrons. The third kappa shape index (κ3) is 3.43. The molecule has 1 aromatic carbocycles. The van der Waals surface area contributed by atoms with Gasteiger partial charge in [0.1, 0.15) is 4.75 Å². The fourth-order valence-electron chi connectivity index (χ4n) is 2.05. The lowest BCUT2D eigenvalue weighted by atomic mass is 10.0. The topological polar surface area (TPSA) is 63.6 Å². The Labute approximate surface area is 133 Å². The quantitative estimate of drug-likeness (QED) is 0.869. The van der Waals surface area contributed by atoms with Gasteiger partial charge in [0.2, 0.25) is 0 Å². The molecule has 0 unspecified atom stereocenters. The zero-order valence-electron chi connectivity index (χ0n) is 12.8. The minimum Gasteiger partial charge on any atom is -0.592 e. The summed E-state index contributed by atoms with van der Waals surface area (Å²) in [6.45, 7) is 5.45. The average Bonchev–Trinajstić information content (AvgIpc) is 2.68. The van der Waals surface area contributed by atoms with Gasteiger partial charge < -0.3 is 9.66 Å². The Balaban J connectivity index is 2.62. The minimum atomic E-state index is -1.51. The van der Waals surface area contributed by atoms with Gasteiger partial charge in [-0.25, -0.2) is 4.79 Å². The van der Waals surface area contributed by atoms with Crippen molar-refractivity contribution in [1.29, 1.82) is 0 Å². The molecule has 4 nitrogen and oxygen atoms in total. The highest BCUT2D eigenvalue weighted by Crippen LogP contribution is 2.31. The first-order valence-electron chi connectivity index (χ1n) is 6.91. The van der Waals surface area contributed by atoms with Crippen molar-refractivity contribution in [3.8, 4) is 0 Å². The molecule has 1 heterocycles. The first-order valence-corrected chi connectivity index (χ1v) is 8.02. The molecule has 0 aliphatic carbocycles. The molecule has 0 aromatic heterocycles. The number of hydrogen-bond acceptors (Lipinski definition) is 3. The summed E-state index contributed by atoms with van der Waals surface area (Å²) in [5.41, 5.74) is 1.33. The van der Waals surface area contributed by atoms with Gasteiger partial charge in [-0.05, 0) is 32.4 Å². The third-order valence-electron chi connectivity index (χ3n) is 3.06. The van der Waals surface area contributed by atoms with Crippen molar-refractivity contribution < 1.29 is 14.5 Å². The van der Waals surface area contributed by atoms with Gasteiger partial charge in [0.15, 0.2) is 5.70 Å². The first kappa shape index (κ1) is 16.4. The van der Waals surface area contributed by atoms with E-state index in [1.54, 1.807) is 24.4 Å². The van der Waals surface area contributed by atoms with Gasteiger partial charge in [0, 0.05) is 5.57 Å². The second-order valence-corrected chi connectivity index (χ2v) is 7.94. The fraction of sp³-hybridized carbons (Fsp3) is 0.235. The summed E-state index contributed by atoms with van der Waals surface area (Å²) in [4.78, 5) is 11.8. The molecule has 0 saturated carbocycles. The Morgan fingerprint density at radius 1 is 1.18 bits per heavy atom. The number of allylic oxidation sites excluding steroid dienone is 4. The number of hydrogen-bond donors (Lipinski definition) is 1. The van der Waals surface area contributed by atoms with Gasteiger partial charge in [-0.15, -0.1) is 0 Å². The van der Waals surface area contributed by atoms with Gasteiger partial charge in [-0.3, -0.25) is 0 Å². The van der Waals surface area contributed by atoms with Crippen molar-refractivity contribution in [3.63, 3.8) is 0 Å². The van der Waals surface area contributed by atoms with Crippen LogP contribution in [-0.4, -0.2) is 24.7 Å². The van der Waals surface area contributed by atoms with Crippen LogP contribution in [0.3, 0.4) is 0 Å². The minimum absolute atomic E-state index is 0.0180. The van der Waals surface area contributed by atoms with E-state index in [4.69, 9.17) is 0 Å². The van der Waals surface area contributed by atoms with Crippen molar-refractivity contribution in [1.82, 2.24) is 4.31 Å². The number of carboxylic acid groups (broad SMARTS) is 1. The molecular formula is C17H19NO3S. The van der Waals surface area contributed by atoms with E-state index in [1.807, 2.05) is 51.1 Å². The van der Waals surface area contributed by atoms with E-state index < -0.39 is 22.1 Å². The van der Waals surface area contributed by atoms with Gasteiger partial charge in [0.05, 0.1) is 17.6 Å². The molecule has 0 spiro atoms. The van der Waals surface area contributed by atoms with E-state index in [9.17, 15) is 14.5 Å². The zero-order valence-corrected chi connectivity index (χ0v) is 13.6. The summed E-state index contributed by atoms with van der Waals surface area (Å²) in [5, 5.41) is 9.68. The molecule has 1 aliphatic heterocycles. The highest BCUT2D eigenvalue weighted by molar-refractivity contribution is 7.90. The van der Waals surface area contributed by atoms with Gasteiger partial charge in [-0.1, -0.05) is 42.5 Å². The maximum Gasteiger partial charge on any atom is 0.357 e. The maximum atomic E-state index is 12.7. The zero-order chi connectivity index (χ0) is 16.3. The number of benzene rings is 1. The Morgan fingerprint density at radius 2 is 1.82 bits per heavy atom. The van der Waals surface area contributed by atoms with E-state index in [-0.39, 0.29) is 5.70 Å². The molecule has 2 rings (SSSR count). The van der Waals surface area contributed by atoms with Crippen molar-refractivity contribution >= 4 is 22.9 Å². The highest BCUT2D eigenvalue weighted by Gasteiger charge is 2.37. The molecule has 0 amide bonds. The lowest BCUT2D eigenvalue weighted by Crippen LogP contribution is -2.41. The Morgan fingerprint density at radius 3 is 2.36 bits per heavy atom. The Kier molecular flexibility index (Phi) is 4.78. The standard InChI is InChI=1S/C17H19NO3S/c1-17(2,3)22(21)18-12-8-7-11-14(15(18)16(19)20)13-9-5-4-6-10-13/h4-12H,1-3H3,(H,19,20)/t22-/m0/s1. The molecule has 0 saturated heterocycles. The number of nitrogens with zero attached hydrogens (tertiary/aromatic N) is 1. The summed E-state index contributed by atoms with van der Waals surface area (Å²) in [6.07, 6.45) is 6.74. The smallest absolute Gasteiger partial charge is 0.357 e. The molecule has 1 atom stereocenters. The van der Waals surface area contributed by atoms with Crippen LogP contribution in [0.1, 0.15) is 26.3 Å². The van der Waals surface area contributed by atoms with Crippen molar-refractivity contribution in [2.24, 2.45) is 0 Å². The first-order chi connectivity index (χ1) is 10.3.